The van der Waals surface area contributed by atoms with Crippen LogP contribution < -0.4 is 11.3 Å². The highest BCUT2D eigenvalue weighted by Crippen LogP contribution is 2.09. The molecule has 58 valence electrons. The highest BCUT2D eigenvalue weighted by Gasteiger charge is 1.93. The maximum absolute atomic E-state index is 5.16. The largest absolute Gasteiger partial charge is 0.271 e. The molecule has 3 N–H and O–H groups in total. The van der Waals surface area contributed by atoms with Crippen LogP contribution in [-0.2, 0) is 0 Å². The number of benzene rings is 1. The van der Waals surface area contributed by atoms with Gasteiger partial charge in [-0.05, 0) is 11.1 Å². The number of rotatable bonds is 3. The van der Waals surface area contributed by atoms with Crippen LogP contribution in [-0.4, -0.2) is 6.54 Å². The molecule has 0 aliphatic rings. The van der Waals surface area contributed by atoms with Crippen molar-refractivity contribution in [2.24, 2.45) is 5.84 Å². The average Bonchev–Trinajstić information content (AvgIpc) is 2.07. The van der Waals surface area contributed by atoms with E-state index in [0.29, 0.717) is 6.54 Å². The van der Waals surface area contributed by atoms with Crippen LogP contribution in [0.5, 0.6) is 0 Å². The fourth-order valence-corrected chi connectivity index (χ4v) is 0.899. The molecule has 0 radical (unpaired) electrons. The molecule has 0 saturated carbocycles. The number of hydrogen-bond donors (Lipinski definition) is 2. The van der Waals surface area contributed by atoms with Crippen LogP contribution in [0.15, 0.2) is 36.9 Å². The third kappa shape index (κ3) is 2.18. The molecule has 0 aliphatic carbocycles. The van der Waals surface area contributed by atoms with Gasteiger partial charge in [-0.25, -0.2) is 0 Å². The van der Waals surface area contributed by atoms with Gasteiger partial charge < -0.3 is 0 Å². The maximum atomic E-state index is 5.16. The van der Waals surface area contributed by atoms with Crippen LogP contribution in [0.25, 0.3) is 5.57 Å². The molecule has 11 heavy (non-hydrogen) atoms. The van der Waals surface area contributed by atoms with Crippen molar-refractivity contribution >= 4 is 5.57 Å². The molecule has 2 nitrogen and oxygen atoms in total. The maximum Gasteiger partial charge on any atom is 0.0348 e. The molecule has 2 heteroatoms. The lowest BCUT2D eigenvalue weighted by atomic mass is 10.1. The molecule has 1 rings (SSSR count). The molecule has 0 saturated heterocycles. The summed E-state index contributed by atoms with van der Waals surface area (Å²) >= 11 is 0. The second-order valence-corrected chi connectivity index (χ2v) is 2.35. The van der Waals surface area contributed by atoms with Crippen LogP contribution in [0.4, 0.5) is 0 Å². The fraction of sp³-hybridized carbons (Fsp3) is 0.111. The topological polar surface area (TPSA) is 38.0 Å². The molecule has 0 aliphatic heterocycles. The summed E-state index contributed by atoms with van der Waals surface area (Å²) in [6.07, 6.45) is 0. The van der Waals surface area contributed by atoms with E-state index in [9.17, 15) is 0 Å². The van der Waals surface area contributed by atoms with Gasteiger partial charge in [0, 0.05) is 6.54 Å². The van der Waals surface area contributed by atoms with E-state index in [1.165, 1.54) is 0 Å². The van der Waals surface area contributed by atoms with E-state index in [-0.39, 0.29) is 0 Å². The summed E-state index contributed by atoms with van der Waals surface area (Å²) < 4.78 is 0. The molecule has 0 fully saturated rings. The van der Waals surface area contributed by atoms with E-state index in [1.807, 2.05) is 30.3 Å². The lowest BCUT2D eigenvalue weighted by Gasteiger charge is -2.02. The zero-order valence-corrected chi connectivity index (χ0v) is 6.38. The smallest absolute Gasteiger partial charge is 0.0348 e. The molecule has 0 unspecified atom stereocenters. The van der Waals surface area contributed by atoms with Crippen LogP contribution in [0, 0.1) is 0 Å². The van der Waals surface area contributed by atoms with E-state index in [1.54, 1.807) is 0 Å². The fourth-order valence-electron chi connectivity index (χ4n) is 0.899. The zero-order chi connectivity index (χ0) is 8.10. The highest BCUT2D eigenvalue weighted by molar-refractivity contribution is 5.64. The van der Waals surface area contributed by atoms with Gasteiger partial charge in [0.1, 0.15) is 0 Å². The Balaban J connectivity index is 2.69. The Morgan fingerprint density at radius 3 is 2.55 bits per heavy atom. The third-order valence-corrected chi connectivity index (χ3v) is 1.50. The average molecular weight is 148 g/mol. The van der Waals surface area contributed by atoms with Crippen molar-refractivity contribution in [1.82, 2.24) is 5.43 Å². The van der Waals surface area contributed by atoms with Crippen LogP contribution in [0.3, 0.4) is 0 Å². The molecule has 0 heterocycles. The number of nitrogens with one attached hydrogen (secondary N) is 1. The molecule has 0 amide bonds. The lowest BCUT2D eigenvalue weighted by molar-refractivity contribution is 0.834. The van der Waals surface area contributed by atoms with Crippen molar-refractivity contribution in [3.63, 3.8) is 0 Å². The molecule has 0 spiro atoms. The van der Waals surface area contributed by atoms with Gasteiger partial charge in [-0.1, -0.05) is 36.9 Å². The van der Waals surface area contributed by atoms with Gasteiger partial charge in [0.2, 0.25) is 0 Å². The minimum atomic E-state index is 0.629. The van der Waals surface area contributed by atoms with E-state index >= 15 is 0 Å². The Morgan fingerprint density at radius 2 is 2.00 bits per heavy atom. The SMILES string of the molecule is C=C(CNN)c1ccccc1. The Hall–Kier alpha value is -1.12. The summed E-state index contributed by atoms with van der Waals surface area (Å²) in [4.78, 5) is 0. The van der Waals surface area contributed by atoms with E-state index < -0.39 is 0 Å². The molecular weight excluding hydrogens is 136 g/mol. The summed E-state index contributed by atoms with van der Waals surface area (Å²) in [6.45, 7) is 4.50. The Labute approximate surface area is 66.7 Å². The summed E-state index contributed by atoms with van der Waals surface area (Å²) in [6, 6.07) is 9.97. The summed E-state index contributed by atoms with van der Waals surface area (Å²) in [5.74, 6) is 5.16. The van der Waals surface area contributed by atoms with Gasteiger partial charge in [0.15, 0.2) is 0 Å². The number of hydrogen-bond acceptors (Lipinski definition) is 2. The van der Waals surface area contributed by atoms with Crippen molar-refractivity contribution in [2.75, 3.05) is 6.54 Å². The van der Waals surface area contributed by atoms with Crippen LogP contribution in [0.2, 0.25) is 0 Å². The lowest BCUT2D eigenvalue weighted by Crippen LogP contribution is -2.23. The first-order valence-corrected chi connectivity index (χ1v) is 3.51. The molecular formula is C9H12N2. The Kier molecular flexibility index (Phi) is 2.83. The predicted octanol–water partition coefficient (Wildman–Crippen LogP) is 1.16. The summed E-state index contributed by atoms with van der Waals surface area (Å²) in [5.41, 5.74) is 4.70. The third-order valence-electron chi connectivity index (χ3n) is 1.50. The minimum absolute atomic E-state index is 0.629. The van der Waals surface area contributed by atoms with E-state index in [4.69, 9.17) is 5.84 Å². The molecule has 1 aromatic rings. The van der Waals surface area contributed by atoms with Gasteiger partial charge in [0.25, 0.3) is 0 Å². The van der Waals surface area contributed by atoms with Crippen molar-refractivity contribution in [3.8, 4) is 0 Å². The van der Waals surface area contributed by atoms with Crippen LogP contribution >= 0.6 is 0 Å². The normalized spacial score (nSPS) is 9.55. The molecule has 0 atom stereocenters. The quantitative estimate of drug-likeness (QED) is 0.498. The van der Waals surface area contributed by atoms with Gasteiger partial charge >= 0.3 is 0 Å². The second kappa shape index (κ2) is 3.91. The summed E-state index contributed by atoms with van der Waals surface area (Å²) in [5, 5.41) is 0. The molecule has 0 bridgehead atoms. The first-order chi connectivity index (χ1) is 5.34. The van der Waals surface area contributed by atoms with Gasteiger partial charge in [-0.15, -0.1) is 0 Å². The zero-order valence-electron chi connectivity index (χ0n) is 6.38. The van der Waals surface area contributed by atoms with Crippen LogP contribution in [0.1, 0.15) is 5.56 Å². The standard InChI is InChI=1S/C9H12N2/c1-8(7-11-10)9-5-3-2-4-6-9/h2-6,11H,1,7,10H2. The summed E-state index contributed by atoms with van der Waals surface area (Å²) in [7, 11) is 0. The predicted molar refractivity (Wildman–Crippen MR) is 47.7 cm³/mol. The van der Waals surface area contributed by atoms with Gasteiger partial charge in [-0.3, -0.25) is 11.3 Å². The monoisotopic (exact) mass is 148 g/mol. The first-order valence-electron chi connectivity index (χ1n) is 3.51. The van der Waals surface area contributed by atoms with Gasteiger partial charge in [-0.2, -0.15) is 0 Å². The highest BCUT2D eigenvalue weighted by atomic mass is 15.2. The first kappa shape index (κ1) is 7.98. The minimum Gasteiger partial charge on any atom is -0.271 e. The van der Waals surface area contributed by atoms with E-state index in [2.05, 4.69) is 12.0 Å². The number of hydrazine groups is 1. The number of nitrogens with two attached hydrogens (primary N) is 1. The van der Waals surface area contributed by atoms with Crippen molar-refractivity contribution in [2.45, 2.75) is 0 Å². The Morgan fingerprint density at radius 1 is 1.36 bits per heavy atom. The van der Waals surface area contributed by atoms with Gasteiger partial charge in [0.05, 0.1) is 0 Å². The molecule has 1 aromatic carbocycles. The molecule has 0 aromatic heterocycles. The van der Waals surface area contributed by atoms with Crippen molar-refractivity contribution in [3.05, 3.63) is 42.5 Å². The van der Waals surface area contributed by atoms with Crippen molar-refractivity contribution in [1.29, 1.82) is 0 Å². The van der Waals surface area contributed by atoms with Crippen molar-refractivity contribution < 1.29 is 0 Å². The van der Waals surface area contributed by atoms with E-state index in [0.717, 1.165) is 11.1 Å². The second-order valence-electron chi connectivity index (χ2n) is 2.35. The Bertz CT molecular complexity index is 229.